The molecule has 0 bridgehead atoms. The van der Waals surface area contributed by atoms with Crippen LogP contribution in [0.5, 0.6) is 0 Å². The molecule has 9 N–H and O–H groups in total. The molecule has 2 aliphatic rings. The van der Waals surface area contributed by atoms with Gasteiger partial charge in [-0.15, -0.1) is 0 Å². The Morgan fingerprint density at radius 1 is 0.960 bits per heavy atom. The van der Waals surface area contributed by atoms with Crippen LogP contribution >= 0.6 is 6.72 Å². The molecule has 9 atom stereocenters. The van der Waals surface area contributed by atoms with E-state index in [4.69, 9.17) is 23.5 Å². The lowest BCUT2D eigenvalue weighted by Gasteiger charge is -2.42. The Morgan fingerprint density at radius 3 is 2.28 bits per heavy atom. The Morgan fingerprint density at radius 2 is 1.62 bits per heavy atom. The van der Waals surface area contributed by atoms with E-state index in [1.807, 2.05) is 0 Å². The molecule has 286 valence electrons. The first-order chi connectivity index (χ1) is 23.7. The zero-order valence-electron chi connectivity index (χ0n) is 27.9. The molecule has 3 rings (SSSR count). The first-order valence-electron chi connectivity index (χ1n) is 16.4. The molecule has 50 heavy (non-hydrogen) atoms. The van der Waals surface area contributed by atoms with Crippen molar-refractivity contribution in [2.75, 3.05) is 33.0 Å². The van der Waals surface area contributed by atoms with Gasteiger partial charge in [0.15, 0.2) is 12.5 Å². The van der Waals surface area contributed by atoms with E-state index in [1.54, 1.807) is 0 Å². The van der Waals surface area contributed by atoms with Gasteiger partial charge in [-0.1, -0.05) is 12.8 Å². The number of rotatable bonds is 20. The lowest BCUT2D eigenvalue weighted by Crippen LogP contribution is -2.64. The predicted molar refractivity (Wildman–Crippen MR) is 177 cm³/mol. The smallest absolute Gasteiger partial charge is 0.330 e. The van der Waals surface area contributed by atoms with E-state index in [0.29, 0.717) is 32.2 Å². The summed E-state index contributed by atoms with van der Waals surface area (Å²) in [6, 6.07) is -1.03. The number of aromatic amines is 1. The van der Waals surface area contributed by atoms with Gasteiger partial charge in [0.05, 0.1) is 13.2 Å². The summed E-state index contributed by atoms with van der Waals surface area (Å²) >= 11 is 4.64. The fourth-order valence-corrected chi connectivity index (χ4v) is 6.48. The summed E-state index contributed by atoms with van der Waals surface area (Å²) in [5.74, 6) is -0.593. The molecular weight excluding hydrogens is 707 g/mol. The maximum atomic E-state index is 12.5. The number of carbonyl (C=O) groups excluding carboxylic acids is 2. The Kier molecular flexibility index (Phi) is 17.0. The molecule has 0 saturated carbocycles. The molecule has 0 radical (unpaired) electrons. The van der Waals surface area contributed by atoms with Crippen molar-refractivity contribution in [3.8, 4) is 0 Å². The minimum Gasteiger partial charge on any atom is -0.394 e. The monoisotopic (exact) mass is 756 g/mol. The number of H-pyrrole nitrogens is 1. The summed E-state index contributed by atoms with van der Waals surface area (Å²) < 4.78 is 29.2. The maximum Gasteiger partial charge on any atom is 0.330 e. The average Bonchev–Trinajstić information content (AvgIpc) is 3.38. The van der Waals surface area contributed by atoms with Crippen LogP contribution in [0.4, 0.5) is 0 Å². The van der Waals surface area contributed by atoms with Crippen molar-refractivity contribution in [3.63, 3.8) is 0 Å². The van der Waals surface area contributed by atoms with Gasteiger partial charge in [-0.25, -0.2) is 4.79 Å². The van der Waals surface area contributed by atoms with Crippen LogP contribution < -0.4 is 21.9 Å². The van der Waals surface area contributed by atoms with Crippen molar-refractivity contribution in [2.45, 2.75) is 114 Å². The van der Waals surface area contributed by atoms with Crippen LogP contribution in [0.1, 0.15) is 63.7 Å². The van der Waals surface area contributed by atoms with Crippen molar-refractivity contribution in [3.05, 3.63) is 32.6 Å². The van der Waals surface area contributed by atoms with Gasteiger partial charge >= 0.3 is 12.4 Å². The van der Waals surface area contributed by atoms with Crippen molar-refractivity contribution in [2.24, 2.45) is 0 Å². The Labute approximate surface area is 293 Å². The van der Waals surface area contributed by atoms with Crippen LogP contribution in [0, 0.1) is 6.92 Å². The average molecular weight is 757 g/mol. The highest BCUT2D eigenvalue weighted by Crippen LogP contribution is 2.45. The lowest BCUT2D eigenvalue weighted by atomic mass is 9.97. The number of aliphatic hydroxyl groups is 4. The molecule has 1 aromatic heterocycles. The van der Waals surface area contributed by atoms with E-state index < -0.39 is 92.3 Å². The van der Waals surface area contributed by atoms with Crippen LogP contribution in [0.15, 0.2) is 15.8 Å². The Hall–Kier alpha value is -2.17. The molecule has 0 aliphatic carbocycles. The summed E-state index contributed by atoms with van der Waals surface area (Å²) in [5.41, 5.74) is -1.23. The Bertz CT molecular complexity index is 1410. The van der Waals surface area contributed by atoms with Gasteiger partial charge in [-0.2, -0.15) is 0 Å². The zero-order chi connectivity index (χ0) is 37.0. The minimum atomic E-state index is -4.26. The number of ether oxygens (including phenoxy) is 4. The van der Waals surface area contributed by atoms with E-state index in [9.17, 15) is 49.4 Å². The molecule has 2 saturated heterocycles. The van der Waals surface area contributed by atoms with Crippen LogP contribution in [0.25, 0.3) is 0 Å². The first kappa shape index (κ1) is 42.2. The maximum absolute atomic E-state index is 12.5. The molecule has 0 aromatic carbocycles. The predicted octanol–water partition coefficient (Wildman–Crippen LogP) is -2.48. The fraction of sp³-hybridized carbons (Fsp3) is 0.793. The van der Waals surface area contributed by atoms with Crippen molar-refractivity contribution in [1.29, 1.82) is 0 Å². The van der Waals surface area contributed by atoms with Gasteiger partial charge in [0.2, 0.25) is 11.8 Å². The number of hydrogen-bond acceptors (Lipinski definition) is 14. The second-order valence-corrected chi connectivity index (χ2v) is 14.8. The lowest BCUT2D eigenvalue weighted by molar-refractivity contribution is -0.270. The third-order valence-corrected chi connectivity index (χ3v) is 8.96. The topological polar surface area (TPSA) is 281 Å². The molecule has 0 spiro atoms. The zero-order valence-corrected chi connectivity index (χ0v) is 29.6. The third kappa shape index (κ3) is 12.5. The summed E-state index contributed by atoms with van der Waals surface area (Å²) in [5, 5.41) is 45.0. The number of nitrogens with one attached hydrogen (secondary N) is 3. The number of nitrogens with zero attached hydrogens (tertiary/aromatic N) is 1. The molecule has 2 fully saturated rings. The molecule has 1 aromatic rings. The van der Waals surface area contributed by atoms with Gasteiger partial charge in [-0.3, -0.25) is 28.5 Å². The van der Waals surface area contributed by atoms with Gasteiger partial charge in [-0.05, 0) is 44.4 Å². The number of aryl methyl sites for hydroxylation is 1. The van der Waals surface area contributed by atoms with E-state index in [-0.39, 0.29) is 31.1 Å². The SMILES string of the molecule is CC(=O)N[C@H]1[C@H](OCCCCC(=O)NCCCCCCOC2C(OP(O)(O)=S)[C@H](n3cc(C)c(=O)[nH]c3=O)O[C@@H]2CO)O[C@H](CO)[C@H](O)[C@@H]1O. The summed E-state index contributed by atoms with van der Waals surface area (Å²) in [4.78, 5) is 70.0. The highest BCUT2D eigenvalue weighted by molar-refractivity contribution is 8.06. The molecule has 2 aliphatic heterocycles. The number of amides is 2. The number of carbonyl (C=O) groups is 2. The third-order valence-electron chi connectivity index (χ3n) is 8.18. The molecule has 3 heterocycles. The minimum absolute atomic E-state index is 0.139. The van der Waals surface area contributed by atoms with E-state index in [2.05, 4.69) is 27.4 Å². The van der Waals surface area contributed by atoms with E-state index in [0.717, 1.165) is 17.4 Å². The molecule has 2 unspecified atom stereocenters. The van der Waals surface area contributed by atoms with E-state index in [1.165, 1.54) is 20.0 Å². The van der Waals surface area contributed by atoms with E-state index >= 15 is 0 Å². The Balaban J connectivity index is 1.34. The number of aliphatic hydroxyl groups excluding tert-OH is 4. The largest absolute Gasteiger partial charge is 0.394 e. The van der Waals surface area contributed by atoms with Gasteiger partial charge in [0.25, 0.3) is 5.56 Å². The fourth-order valence-electron chi connectivity index (χ4n) is 5.64. The summed E-state index contributed by atoms with van der Waals surface area (Å²) in [6.45, 7) is -1.82. The first-order valence-corrected chi connectivity index (χ1v) is 19.0. The quantitative estimate of drug-likeness (QED) is 0.0492. The highest BCUT2D eigenvalue weighted by Gasteiger charge is 2.49. The van der Waals surface area contributed by atoms with Crippen LogP contribution in [0.3, 0.4) is 0 Å². The van der Waals surface area contributed by atoms with Crippen LogP contribution in [-0.2, 0) is 44.9 Å². The molecule has 19 nitrogen and oxygen atoms in total. The van der Waals surface area contributed by atoms with Gasteiger partial charge < -0.3 is 59.8 Å². The second-order valence-electron chi connectivity index (χ2n) is 12.1. The van der Waals surface area contributed by atoms with Crippen LogP contribution in [0.2, 0.25) is 0 Å². The summed E-state index contributed by atoms with van der Waals surface area (Å²) in [7, 11) is 0. The highest BCUT2D eigenvalue weighted by atomic mass is 32.5. The van der Waals surface area contributed by atoms with Crippen LogP contribution in [-0.4, -0.2) is 134 Å². The van der Waals surface area contributed by atoms with Crippen molar-refractivity contribution >= 4 is 30.3 Å². The van der Waals surface area contributed by atoms with Crippen molar-refractivity contribution in [1.82, 2.24) is 20.2 Å². The molecule has 21 heteroatoms. The van der Waals surface area contributed by atoms with Gasteiger partial charge in [0, 0.05) is 44.9 Å². The van der Waals surface area contributed by atoms with Crippen molar-refractivity contribution < 1.29 is 63.3 Å². The number of unbranched alkanes of at least 4 members (excludes halogenated alkanes) is 4. The number of hydrogen-bond donors (Lipinski definition) is 9. The molecule has 2 amide bonds. The second kappa shape index (κ2) is 20.2. The normalized spacial score (nSPS) is 28.4. The standard InChI is InChI=1S/C29H49N4O15PS/c1-16-13-33(29(41)32-26(16)40)27-25(48-49(42,43)50)24(19(15-35)46-27)44-11-7-4-3-6-10-30-20(37)9-5-8-12-45-28-21(31-17(2)36)23(39)22(38)18(14-34)47-28/h13,18-19,21-25,27-28,34-35,38-39H,3-12,14-15H2,1-2H3,(H,30,37)(H,31,36)(H,32,40,41)(H2,42,43,50)/t18-,19-,21-,22+,23-,24?,25?,27-,28-/m1/s1. The number of aromatic nitrogens is 2. The van der Waals surface area contributed by atoms with Gasteiger partial charge in [0.1, 0.15) is 42.7 Å². The summed E-state index contributed by atoms with van der Waals surface area (Å²) in [6.07, 6.45) is -4.30. The molecular formula is C29H49N4O15PS.